The van der Waals surface area contributed by atoms with Crippen molar-refractivity contribution < 1.29 is 8.42 Å². The average Bonchev–Trinajstić information content (AvgIpc) is 2.46. The SMILES string of the molecule is Cc1cc(CN2CCN(S(N)(=O)=O)CC2)c2ccccc2n1. The van der Waals surface area contributed by atoms with Gasteiger partial charge in [0.05, 0.1) is 5.52 Å². The maximum atomic E-state index is 11.3. The van der Waals surface area contributed by atoms with E-state index < -0.39 is 10.2 Å². The molecule has 0 saturated carbocycles. The molecule has 1 aromatic heterocycles. The lowest BCUT2D eigenvalue weighted by Crippen LogP contribution is -2.50. The number of aromatic nitrogens is 1. The molecule has 0 amide bonds. The van der Waals surface area contributed by atoms with Crippen LogP contribution in [-0.2, 0) is 16.8 Å². The van der Waals surface area contributed by atoms with Gasteiger partial charge < -0.3 is 0 Å². The molecule has 118 valence electrons. The summed E-state index contributed by atoms with van der Waals surface area (Å²) in [4.78, 5) is 6.80. The van der Waals surface area contributed by atoms with Crippen molar-refractivity contribution in [3.05, 3.63) is 41.6 Å². The molecule has 0 radical (unpaired) electrons. The van der Waals surface area contributed by atoms with Crippen LogP contribution < -0.4 is 5.14 Å². The third kappa shape index (κ3) is 3.27. The van der Waals surface area contributed by atoms with E-state index in [0.29, 0.717) is 26.2 Å². The highest BCUT2D eigenvalue weighted by Crippen LogP contribution is 2.20. The molecular formula is C15H20N4O2S. The first-order valence-corrected chi connectivity index (χ1v) is 8.79. The van der Waals surface area contributed by atoms with E-state index in [4.69, 9.17) is 5.14 Å². The smallest absolute Gasteiger partial charge is 0.276 e. The van der Waals surface area contributed by atoms with Crippen LogP contribution in [0.25, 0.3) is 10.9 Å². The van der Waals surface area contributed by atoms with Crippen molar-refractivity contribution in [3.8, 4) is 0 Å². The van der Waals surface area contributed by atoms with E-state index in [9.17, 15) is 8.42 Å². The van der Waals surface area contributed by atoms with E-state index in [1.165, 1.54) is 9.87 Å². The van der Waals surface area contributed by atoms with E-state index in [2.05, 4.69) is 22.0 Å². The van der Waals surface area contributed by atoms with Crippen molar-refractivity contribution in [1.29, 1.82) is 0 Å². The van der Waals surface area contributed by atoms with Crippen molar-refractivity contribution in [1.82, 2.24) is 14.2 Å². The Labute approximate surface area is 130 Å². The number of nitrogens with zero attached hydrogens (tertiary/aromatic N) is 3. The van der Waals surface area contributed by atoms with E-state index in [0.717, 1.165) is 23.1 Å². The second-order valence-corrected chi connectivity index (χ2v) is 7.21. The second-order valence-electron chi connectivity index (χ2n) is 5.66. The first-order valence-electron chi connectivity index (χ1n) is 7.29. The Morgan fingerprint density at radius 2 is 1.86 bits per heavy atom. The molecule has 1 saturated heterocycles. The summed E-state index contributed by atoms with van der Waals surface area (Å²) >= 11 is 0. The van der Waals surface area contributed by atoms with Crippen LogP contribution in [0, 0.1) is 6.92 Å². The summed E-state index contributed by atoms with van der Waals surface area (Å²) in [6.07, 6.45) is 0. The minimum absolute atomic E-state index is 0.445. The van der Waals surface area contributed by atoms with Gasteiger partial charge in [0.15, 0.2) is 0 Å². The number of hydrogen-bond acceptors (Lipinski definition) is 4. The normalized spacial score (nSPS) is 17.9. The Bertz CT molecular complexity index is 783. The van der Waals surface area contributed by atoms with Crippen molar-refractivity contribution in [2.75, 3.05) is 26.2 Å². The largest absolute Gasteiger partial charge is 0.296 e. The van der Waals surface area contributed by atoms with Crippen LogP contribution in [0.2, 0.25) is 0 Å². The third-order valence-electron chi connectivity index (χ3n) is 4.02. The lowest BCUT2D eigenvalue weighted by molar-refractivity contribution is 0.182. The Balaban J connectivity index is 1.78. The number of pyridine rings is 1. The molecule has 0 spiro atoms. The fourth-order valence-corrected chi connectivity index (χ4v) is 3.58. The van der Waals surface area contributed by atoms with Gasteiger partial charge in [0.25, 0.3) is 10.2 Å². The van der Waals surface area contributed by atoms with Gasteiger partial charge in [-0.15, -0.1) is 0 Å². The Hall–Kier alpha value is -1.54. The zero-order valence-electron chi connectivity index (χ0n) is 12.6. The summed E-state index contributed by atoms with van der Waals surface area (Å²) in [5.74, 6) is 0. The van der Waals surface area contributed by atoms with Crippen molar-refractivity contribution in [3.63, 3.8) is 0 Å². The molecule has 2 aromatic rings. The summed E-state index contributed by atoms with van der Waals surface area (Å²) in [5.41, 5.74) is 3.23. The highest BCUT2D eigenvalue weighted by molar-refractivity contribution is 7.86. The summed E-state index contributed by atoms with van der Waals surface area (Å²) in [6.45, 7) is 5.05. The maximum absolute atomic E-state index is 11.3. The fourth-order valence-electron chi connectivity index (χ4n) is 2.91. The van der Waals surface area contributed by atoms with Crippen LogP contribution in [-0.4, -0.2) is 48.8 Å². The standard InChI is InChI=1S/C15H20N4O2S/c1-12-10-13(14-4-2-3-5-15(14)17-12)11-18-6-8-19(9-7-18)22(16,20)21/h2-5,10H,6-9,11H2,1H3,(H2,16,20,21). The van der Waals surface area contributed by atoms with E-state index in [1.54, 1.807) is 0 Å². The zero-order chi connectivity index (χ0) is 15.7. The van der Waals surface area contributed by atoms with Crippen molar-refractivity contribution >= 4 is 21.1 Å². The van der Waals surface area contributed by atoms with Gasteiger partial charge >= 0.3 is 0 Å². The number of rotatable bonds is 3. The van der Waals surface area contributed by atoms with Gasteiger partial charge in [-0.25, -0.2) is 5.14 Å². The molecular weight excluding hydrogens is 300 g/mol. The number of benzene rings is 1. The second kappa shape index (κ2) is 5.92. The van der Waals surface area contributed by atoms with Crippen LogP contribution in [0.5, 0.6) is 0 Å². The molecule has 1 aliphatic rings. The first kappa shape index (κ1) is 15.4. The quantitative estimate of drug-likeness (QED) is 0.910. The van der Waals surface area contributed by atoms with E-state index in [-0.39, 0.29) is 0 Å². The number of piperazine rings is 1. The summed E-state index contributed by atoms with van der Waals surface area (Å²) < 4.78 is 24.0. The number of fused-ring (bicyclic) bond motifs is 1. The number of aryl methyl sites for hydroxylation is 1. The highest BCUT2D eigenvalue weighted by Gasteiger charge is 2.24. The summed E-state index contributed by atoms with van der Waals surface area (Å²) in [6, 6.07) is 10.2. The minimum atomic E-state index is -3.57. The van der Waals surface area contributed by atoms with E-state index >= 15 is 0 Å². The van der Waals surface area contributed by atoms with Crippen LogP contribution >= 0.6 is 0 Å². The Kier molecular flexibility index (Phi) is 4.14. The molecule has 0 bridgehead atoms. The topological polar surface area (TPSA) is 79.5 Å². The molecule has 2 heterocycles. The predicted octanol–water partition coefficient (Wildman–Crippen LogP) is 0.864. The summed E-state index contributed by atoms with van der Waals surface area (Å²) in [7, 11) is -3.57. The lowest BCUT2D eigenvalue weighted by Gasteiger charge is -2.33. The van der Waals surface area contributed by atoms with Crippen LogP contribution in [0.3, 0.4) is 0 Å². The highest BCUT2D eigenvalue weighted by atomic mass is 32.2. The van der Waals surface area contributed by atoms with Gasteiger partial charge in [0, 0.05) is 43.8 Å². The van der Waals surface area contributed by atoms with Gasteiger partial charge in [-0.3, -0.25) is 9.88 Å². The number of nitrogens with two attached hydrogens (primary N) is 1. The fraction of sp³-hybridized carbons (Fsp3) is 0.400. The van der Waals surface area contributed by atoms with Gasteiger partial charge in [0.2, 0.25) is 0 Å². The average molecular weight is 320 g/mol. The molecule has 0 atom stereocenters. The lowest BCUT2D eigenvalue weighted by atomic mass is 10.1. The molecule has 22 heavy (non-hydrogen) atoms. The minimum Gasteiger partial charge on any atom is -0.296 e. The summed E-state index contributed by atoms with van der Waals surface area (Å²) in [5, 5.41) is 6.33. The van der Waals surface area contributed by atoms with E-state index in [1.807, 2.05) is 25.1 Å². The van der Waals surface area contributed by atoms with Crippen molar-refractivity contribution in [2.45, 2.75) is 13.5 Å². The predicted molar refractivity (Wildman–Crippen MR) is 86.4 cm³/mol. The molecule has 1 fully saturated rings. The van der Waals surface area contributed by atoms with Crippen LogP contribution in [0.4, 0.5) is 0 Å². The zero-order valence-corrected chi connectivity index (χ0v) is 13.4. The Morgan fingerprint density at radius 3 is 2.55 bits per heavy atom. The van der Waals surface area contributed by atoms with Crippen LogP contribution in [0.15, 0.2) is 30.3 Å². The van der Waals surface area contributed by atoms with Gasteiger partial charge in [-0.1, -0.05) is 18.2 Å². The van der Waals surface area contributed by atoms with Gasteiger partial charge in [-0.2, -0.15) is 12.7 Å². The number of para-hydroxylation sites is 1. The molecule has 1 aliphatic heterocycles. The molecule has 6 nitrogen and oxygen atoms in total. The van der Waals surface area contributed by atoms with Gasteiger partial charge in [0.1, 0.15) is 0 Å². The maximum Gasteiger partial charge on any atom is 0.276 e. The van der Waals surface area contributed by atoms with Gasteiger partial charge in [-0.05, 0) is 24.6 Å². The molecule has 0 unspecified atom stereocenters. The molecule has 1 aromatic carbocycles. The van der Waals surface area contributed by atoms with Crippen molar-refractivity contribution in [2.24, 2.45) is 5.14 Å². The first-order chi connectivity index (χ1) is 10.4. The molecule has 2 N–H and O–H groups in total. The molecule has 3 rings (SSSR count). The third-order valence-corrected chi connectivity index (χ3v) is 5.10. The van der Waals surface area contributed by atoms with Crippen LogP contribution in [0.1, 0.15) is 11.3 Å². The Morgan fingerprint density at radius 1 is 1.18 bits per heavy atom. The monoisotopic (exact) mass is 320 g/mol. The molecule has 0 aliphatic carbocycles. The molecule has 7 heteroatoms. The number of hydrogen-bond donors (Lipinski definition) is 1.